The van der Waals surface area contributed by atoms with Crippen LogP contribution in [0.5, 0.6) is 0 Å². The third-order valence-electron chi connectivity index (χ3n) is 5.55. The van der Waals surface area contributed by atoms with Gasteiger partial charge in [-0.25, -0.2) is 0 Å². The molecule has 2 fully saturated rings. The Morgan fingerprint density at radius 2 is 2.04 bits per heavy atom. The van der Waals surface area contributed by atoms with Gasteiger partial charge in [0.05, 0.1) is 6.20 Å². The second kappa shape index (κ2) is 5.52. The minimum atomic E-state index is 0.0223. The van der Waals surface area contributed by atoms with E-state index in [1.807, 2.05) is 19.3 Å². The van der Waals surface area contributed by atoms with Gasteiger partial charge in [-0.2, -0.15) is 5.10 Å². The van der Waals surface area contributed by atoms with Crippen molar-refractivity contribution in [3.8, 4) is 0 Å². The van der Waals surface area contributed by atoms with Crippen molar-refractivity contribution in [2.45, 2.75) is 43.4 Å². The summed E-state index contributed by atoms with van der Waals surface area (Å²) in [6.45, 7) is 0.713. The van der Waals surface area contributed by atoms with Gasteiger partial charge in [0.15, 0.2) is 0 Å². The number of amides is 1. The summed E-state index contributed by atoms with van der Waals surface area (Å²) >= 11 is 0. The Hall–Kier alpha value is -2.10. The summed E-state index contributed by atoms with van der Waals surface area (Å²) in [7, 11) is 1.86. The number of nitrogens with one attached hydrogen (secondary N) is 1. The zero-order chi connectivity index (χ0) is 15.9. The number of nitrogens with zero attached hydrogens (tertiary/aromatic N) is 2. The molecule has 120 valence electrons. The Balaban J connectivity index is 1.48. The lowest BCUT2D eigenvalue weighted by molar-refractivity contribution is 0.0938. The summed E-state index contributed by atoms with van der Waals surface area (Å²) in [5.74, 6) is 0.544. The van der Waals surface area contributed by atoms with Crippen LogP contribution in [0.1, 0.15) is 59.6 Å². The zero-order valence-electron chi connectivity index (χ0n) is 13.6. The molecule has 1 aromatic heterocycles. The molecule has 23 heavy (non-hydrogen) atoms. The van der Waals surface area contributed by atoms with Crippen LogP contribution in [0, 0.1) is 0 Å². The molecule has 0 bridgehead atoms. The SMILES string of the molecule is Cn1ncc(C2CCC2)c1C(=O)NCC1(c2ccccc2)CC1. The molecule has 1 N–H and O–H groups in total. The molecule has 2 saturated carbocycles. The van der Waals surface area contributed by atoms with E-state index in [1.165, 1.54) is 24.8 Å². The van der Waals surface area contributed by atoms with Gasteiger partial charge < -0.3 is 5.32 Å². The first kappa shape index (κ1) is 14.5. The van der Waals surface area contributed by atoms with E-state index in [0.717, 1.165) is 24.1 Å². The van der Waals surface area contributed by atoms with Gasteiger partial charge in [-0.1, -0.05) is 36.8 Å². The lowest BCUT2D eigenvalue weighted by Gasteiger charge is -2.25. The van der Waals surface area contributed by atoms with Gasteiger partial charge in [-0.05, 0) is 37.2 Å². The van der Waals surface area contributed by atoms with Gasteiger partial charge in [0.2, 0.25) is 0 Å². The molecule has 0 radical (unpaired) electrons. The first-order chi connectivity index (χ1) is 11.2. The third kappa shape index (κ3) is 2.56. The Labute approximate surface area is 136 Å². The number of aromatic nitrogens is 2. The molecule has 0 spiro atoms. The van der Waals surface area contributed by atoms with E-state index >= 15 is 0 Å². The molecule has 2 aromatic rings. The first-order valence-corrected chi connectivity index (χ1v) is 8.55. The predicted octanol–water partition coefficient (Wildman–Crippen LogP) is 3.15. The Morgan fingerprint density at radius 3 is 2.65 bits per heavy atom. The zero-order valence-corrected chi connectivity index (χ0v) is 13.6. The summed E-state index contributed by atoms with van der Waals surface area (Å²) in [5.41, 5.74) is 3.36. The normalized spacial score (nSPS) is 19.2. The van der Waals surface area contributed by atoms with Crippen LogP contribution in [0.2, 0.25) is 0 Å². The number of carbonyl (C=O) groups excluding carboxylic acids is 1. The van der Waals surface area contributed by atoms with E-state index in [2.05, 4.69) is 34.7 Å². The number of benzene rings is 1. The van der Waals surface area contributed by atoms with E-state index in [0.29, 0.717) is 12.5 Å². The van der Waals surface area contributed by atoms with E-state index in [-0.39, 0.29) is 11.3 Å². The number of hydrogen-bond acceptors (Lipinski definition) is 2. The highest BCUT2D eigenvalue weighted by Gasteiger charge is 2.44. The molecule has 1 aromatic carbocycles. The summed E-state index contributed by atoms with van der Waals surface area (Å²) in [6.07, 6.45) is 7.80. The average Bonchev–Trinajstić information content (AvgIpc) is 3.23. The van der Waals surface area contributed by atoms with Crippen LogP contribution in [0.25, 0.3) is 0 Å². The van der Waals surface area contributed by atoms with Crippen LogP contribution in [-0.4, -0.2) is 22.2 Å². The van der Waals surface area contributed by atoms with Crippen LogP contribution < -0.4 is 5.32 Å². The lowest BCUT2D eigenvalue weighted by Crippen LogP contribution is -2.34. The van der Waals surface area contributed by atoms with Crippen LogP contribution in [0.15, 0.2) is 36.5 Å². The maximum absolute atomic E-state index is 12.7. The maximum atomic E-state index is 12.7. The van der Waals surface area contributed by atoms with Gasteiger partial charge in [0.1, 0.15) is 5.69 Å². The summed E-state index contributed by atoms with van der Waals surface area (Å²) in [6, 6.07) is 10.5. The molecule has 1 amide bonds. The van der Waals surface area contributed by atoms with Crippen LogP contribution >= 0.6 is 0 Å². The third-order valence-corrected chi connectivity index (χ3v) is 5.55. The van der Waals surface area contributed by atoms with Gasteiger partial charge in [0, 0.05) is 24.6 Å². The Kier molecular flexibility index (Phi) is 3.47. The van der Waals surface area contributed by atoms with Crippen molar-refractivity contribution < 1.29 is 4.79 Å². The molecule has 0 aliphatic heterocycles. The second-order valence-electron chi connectivity index (χ2n) is 7.03. The molecule has 1 heterocycles. The average molecular weight is 309 g/mol. The van der Waals surface area contributed by atoms with Crippen molar-refractivity contribution in [2.24, 2.45) is 7.05 Å². The van der Waals surface area contributed by atoms with Crippen LogP contribution in [-0.2, 0) is 12.5 Å². The highest BCUT2D eigenvalue weighted by Crippen LogP contribution is 2.47. The Morgan fingerprint density at radius 1 is 1.30 bits per heavy atom. The molecule has 0 atom stereocenters. The molecule has 4 heteroatoms. The molecule has 2 aliphatic rings. The minimum absolute atomic E-state index is 0.0223. The Bertz CT molecular complexity index is 711. The van der Waals surface area contributed by atoms with E-state index in [1.54, 1.807) is 4.68 Å². The first-order valence-electron chi connectivity index (χ1n) is 8.55. The summed E-state index contributed by atoms with van der Waals surface area (Å²) in [5, 5.41) is 7.49. The molecular formula is C19H23N3O. The highest BCUT2D eigenvalue weighted by molar-refractivity contribution is 5.94. The highest BCUT2D eigenvalue weighted by atomic mass is 16.2. The summed E-state index contributed by atoms with van der Waals surface area (Å²) < 4.78 is 1.73. The van der Waals surface area contributed by atoms with Gasteiger partial charge in [-0.15, -0.1) is 0 Å². The fraction of sp³-hybridized carbons (Fsp3) is 0.474. The smallest absolute Gasteiger partial charge is 0.269 e. The van der Waals surface area contributed by atoms with Crippen molar-refractivity contribution in [1.82, 2.24) is 15.1 Å². The standard InChI is InChI=1S/C19H23N3O/c1-22-17(16(12-21-22)14-6-5-7-14)18(23)20-13-19(10-11-19)15-8-3-2-4-9-15/h2-4,8-9,12,14H,5-7,10-11,13H2,1H3,(H,20,23). The van der Waals surface area contributed by atoms with E-state index in [9.17, 15) is 4.79 Å². The number of carbonyl (C=O) groups is 1. The van der Waals surface area contributed by atoms with Crippen molar-refractivity contribution in [1.29, 1.82) is 0 Å². The number of hydrogen-bond donors (Lipinski definition) is 1. The monoisotopic (exact) mass is 309 g/mol. The molecular weight excluding hydrogens is 286 g/mol. The molecule has 4 rings (SSSR count). The van der Waals surface area contributed by atoms with Crippen molar-refractivity contribution in [3.05, 3.63) is 53.3 Å². The lowest BCUT2D eigenvalue weighted by atomic mass is 9.80. The molecule has 0 unspecified atom stereocenters. The van der Waals surface area contributed by atoms with Crippen LogP contribution in [0.3, 0.4) is 0 Å². The van der Waals surface area contributed by atoms with Gasteiger partial charge in [-0.3, -0.25) is 9.48 Å². The summed E-state index contributed by atoms with van der Waals surface area (Å²) in [4.78, 5) is 12.7. The van der Waals surface area contributed by atoms with Crippen molar-refractivity contribution >= 4 is 5.91 Å². The minimum Gasteiger partial charge on any atom is -0.350 e. The predicted molar refractivity (Wildman–Crippen MR) is 89.5 cm³/mol. The van der Waals surface area contributed by atoms with E-state index in [4.69, 9.17) is 0 Å². The van der Waals surface area contributed by atoms with Crippen molar-refractivity contribution in [3.63, 3.8) is 0 Å². The van der Waals surface area contributed by atoms with Crippen molar-refractivity contribution in [2.75, 3.05) is 6.54 Å². The quantitative estimate of drug-likeness (QED) is 0.922. The fourth-order valence-corrected chi connectivity index (χ4v) is 3.59. The maximum Gasteiger partial charge on any atom is 0.269 e. The van der Waals surface area contributed by atoms with Gasteiger partial charge in [0.25, 0.3) is 5.91 Å². The molecule has 4 nitrogen and oxygen atoms in total. The fourth-order valence-electron chi connectivity index (χ4n) is 3.59. The molecule has 0 saturated heterocycles. The van der Waals surface area contributed by atoms with E-state index < -0.39 is 0 Å². The number of aryl methyl sites for hydroxylation is 1. The molecule has 2 aliphatic carbocycles. The number of rotatable bonds is 5. The topological polar surface area (TPSA) is 46.9 Å². The van der Waals surface area contributed by atoms with Crippen LogP contribution in [0.4, 0.5) is 0 Å². The van der Waals surface area contributed by atoms with Gasteiger partial charge >= 0.3 is 0 Å². The largest absolute Gasteiger partial charge is 0.350 e. The second-order valence-corrected chi connectivity index (χ2v) is 7.03.